The second kappa shape index (κ2) is 7.22. The quantitative estimate of drug-likeness (QED) is 0.734. The Bertz CT molecular complexity index is 787. The fourth-order valence-electron chi connectivity index (χ4n) is 4.02. The number of hydrogen-bond donors (Lipinski definition) is 1. The molecule has 1 aromatic carbocycles. The Hall–Kier alpha value is -1.17. The standard InChI is InChI=1S/C20H25N2OS.BrH/c1-15-9-10-16(2)17(13-15)21-14-20(23,18-7-6-12-24-18)22-11-5-3-4-8-19(21)22;/h6-7,9-10,12-13,23H,3-5,8,11,14H2,1-2H3;1H/q+1;/p-1. The first-order valence-electron chi connectivity index (χ1n) is 8.84. The van der Waals surface area contributed by atoms with Crippen molar-refractivity contribution in [3.63, 3.8) is 0 Å². The molecule has 2 aromatic rings. The van der Waals surface area contributed by atoms with E-state index in [2.05, 4.69) is 53.0 Å². The number of benzene rings is 1. The van der Waals surface area contributed by atoms with Gasteiger partial charge in [-0.3, -0.25) is 0 Å². The minimum atomic E-state index is -0.899. The Labute approximate surface area is 164 Å². The number of thiophene rings is 1. The van der Waals surface area contributed by atoms with Crippen LogP contribution in [0.1, 0.15) is 41.7 Å². The van der Waals surface area contributed by atoms with E-state index in [0.717, 1.165) is 24.3 Å². The van der Waals surface area contributed by atoms with Crippen molar-refractivity contribution in [3.8, 4) is 0 Å². The average Bonchev–Trinajstić information content (AvgIpc) is 3.11. The van der Waals surface area contributed by atoms with Crippen LogP contribution in [0.5, 0.6) is 0 Å². The number of nitrogens with zero attached hydrogens (tertiary/aromatic N) is 2. The van der Waals surface area contributed by atoms with Crippen LogP contribution in [0.4, 0.5) is 5.69 Å². The number of aliphatic hydroxyl groups is 1. The molecule has 2 aliphatic heterocycles. The molecule has 2 aliphatic rings. The summed E-state index contributed by atoms with van der Waals surface area (Å²) in [5.41, 5.74) is 2.88. The van der Waals surface area contributed by atoms with Crippen molar-refractivity contribution in [1.82, 2.24) is 0 Å². The molecule has 0 aliphatic carbocycles. The van der Waals surface area contributed by atoms with Crippen LogP contribution in [-0.4, -0.2) is 28.6 Å². The van der Waals surface area contributed by atoms with Gasteiger partial charge in [0.2, 0.25) is 0 Å². The zero-order valence-electron chi connectivity index (χ0n) is 14.8. The smallest absolute Gasteiger partial charge is 0.280 e. The summed E-state index contributed by atoms with van der Waals surface area (Å²) >= 11 is 1.65. The van der Waals surface area contributed by atoms with Crippen LogP contribution >= 0.6 is 11.3 Å². The molecule has 1 N–H and O–H groups in total. The highest BCUT2D eigenvalue weighted by Gasteiger charge is 2.52. The summed E-state index contributed by atoms with van der Waals surface area (Å²) in [6.07, 6.45) is 4.63. The molecule has 1 aromatic heterocycles. The lowest BCUT2D eigenvalue weighted by Gasteiger charge is -2.22. The van der Waals surface area contributed by atoms with Gasteiger partial charge in [-0.25, -0.2) is 9.48 Å². The average molecular weight is 421 g/mol. The number of β-amino-alcohol motifs (C(OH)–C–C–N with tert-alkyl or cyclic N) is 1. The van der Waals surface area contributed by atoms with Crippen molar-refractivity contribution in [1.29, 1.82) is 0 Å². The predicted molar refractivity (Wildman–Crippen MR) is 100 cm³/mol. The Kier molecular flexibility index (Phi) is 5.37. The van der Waals surface area contributed by atoms with Crippen LogP contribution in [0, 0.1) is 13.8 Å². The van der Waals surface area contributed by atoms with Crippen LogP contribution in [0.15, 0.2) is 35.7 Å². The predicted octanol–water partition coefficient (Wildman–Crippen LogP) is 1.02. The number of rotatable bonds is 2. The zero-order chi connectivity index (χ0) is 16.7. The van der Waals surface area contributed by atoms with E-state index >= 15 is 0 Å². The molecule has 25 heavy (non-hydrogen) atoms. The summed E-state index contributed by atoms with van der Waals surface area (Å²) in [6.45, 7) is 5.86. The molecule has 0 radical (unpaired) electrons. The summed E-state index contributed by atoms with van der Waals surface area (Å²) in [5, 5.41) is 13.7. The second-order valence-corrected chi connectivity index (χ2v) is 8.00. The lowest BCUT2D eigenvalue weighted by Crippen LogP contribution is -3.00. The summed E-state index contributed by atoms with van der Waals surface area (Å²) < 4.78 is 2.27. The van der Waals surface area contributed by atoms with Crippen molar-refractivity contribution in [3.05, 3.63) is 51.7 Å². The van der Waals surface area contributed by atoms with E-state index in [1.54, 1.807) is 11.3 Å². The highest BCUT2D eigenvalue weighted by atomic mass is 79.9. The fourth-order valence-corrected chi connectivity index (χ4v) is 4.85. The fraction of sp³-hybridized carbons (Fsp3) is 0.450. The van der Waals surface area contributed by atoms with Gasteiger partial charge >= 0.3 is 0 Å². The summed E-state index contributed by atoms with van der Waals surface area (Å²) in [7, 11) is 0. The van der Waals surface area contributed by atoms with Crippen LogP contribution in [0.25, 0.3) is 0 Å². The molecule has 3 heterocycles. The number of aryl methyl sites for hydroxylation is 2. The molecule has 0 spiro atoms. The highest BCUT2D eigenvalue weighted by Crippen LogP contribution is 2.38. The van der Waals surface area contributed by atoms with Gasteiger partial charge in [-0.2, -0.15) is 0 Å². The molecular weight excluding hydrogens is 396 g/mol. The van der Waals surface area contributed by atoms with E-state index in [9.17, 15) is 5.11 Å². The van der Waals surface area contributed by atoms with Gasteiger partial charge in [-0.1, -0.05) is 18.2 Å². The van der Waals surface area contributed by atoms with E-state index in [0.29, 0.717) is 6.54 Å². The normalized spacial score (nSPS) is 23.2. The van der Waals surface area contributed by atoms with E-state index in [1.807, 2.05) is 6.07 Å². The van der Waals surface area contributed by atoms with Gasteiger partial charge < -0.3 is 22.1 Å². The first-order valence-corrected chi connectivity index (χ1v) is 9.72. The van der Waals surface area contributed by atoms with Gasteiger partial charge in [0.05, 0.1) is 11.4 Å². The van der Waals surface area contributed by atoms with Crippen molar-refractivity contribution in [2.45, 2.75) is 45.3 Å². The molecule has 3 nitrogen and oxygen atoms in total. The van der Waals surface area contributed by atoms with E-state index < -0.39 is 5.72 Å². The molecule has 1 unspecified atom stereocenters. The summed E-state index contributed by atoms with van der Waals surface area (Å²) in [4.78, 5) is 3.42. The molecule has 1 atom stereocenters. The molecular formula is C20H25BrN2OS. The van der Waals surface area contributed by atoms with Gasteiger partial charge in [0, 0.05) is 6.42 Å². The minimum Gasteiger partial charge on any atom is -1.00 e. The summed E-state index contributed by atoms with van der Waals surface area (Å²) in [5.74, 6) is 1.29. The maximum Gasteiger partial charge on any atom is 0.280 e. The van der Waals surface area contributed by atoms with Gasteiger partial charge in [-0.05, 0) is 61.7 Å². The Morgan fingerprint density at radius 3 is 2.76 bits per heavy atom. The Balaban J connectivity index is 0.00000182. The van der Waals surface area contributed by atoms with Crippen molar-refractivity contribution in [2.24, 2.45) is 0 Å². The van der Waals surface area contributed by atoms with Gasteiger partial charge in [0.1, 0.15) is 5.69 Å². The second-order valence-electron chi connectivity index (χ2n) is 7.05. The molecule has 5 heteroatoms. The molecule has 134 valence electrons. The molecule has 0 bridgehead atoms. The molecule has 0 saturated heterocycles. The number of hydrogen-bond acceptors (Lipinski definition) is 3. The van der Waals surface area contributed by atoms with Gasteiger partial charge in [0.15, 0.2) is 6.54 Å². The number of halogens is 1. The lowest BCUT2D eigenvalue weighted by atomic mass is 10.1. The third kappa shape index (κ3) is 3.18. The Morgan fingerprint density at radius 1 is 1.16 bits per heavy atom. The largest absolute Gasteiger partial charge is 1.00 e. The zero-order valence-corrected chi connectivity index (χ0v) is 17.2. The third-order valence-corrected chi connectivity index (χ3v) is 6.31. The molecule has 4 rings (SSSR count). The minimum absolute atomic E-state index is 0. The number of amidine groups is 1. The number of anilines is 1. The van der Waals surface area contributed by atoms with Crippen LogP contribution in [-0.2, 0) is 5.72 Å². The molecule has 0 saturated carbocycles. The van der Waals surface area contributed by atoms with E-state index in [-0.39, 0.29) is 17.0 Å². The third-order valence-electron chi connectivity index (χ3n) is 5.30. The van der Waals surface area contributed by atoms with Gasteiger partial charge in [0.25, 0.3) is 11.6 Å². The van der Waals surface area contributed by atoms with E-state index in [1.165, 1.54) is 35.5 Å². The maximum atomic E-state index is 11.6. The van der Waals surface area contributed by atoms with Gasteiger partial charge in [-0.15, -0.1) is 11.3 Å². The SMILES string of the molecule is Cc1ccc(C)c(N2CC(O)(c3cccs3)[N+]3=C2CCCCC3)c1.[Br-]. The first kappa shape index (κ1) is 18.6. The van der Waals surface area contributed by atoms with Crippen molar-refractivity contribution in [2.75, 3.05) is 18.0 Å². The van der Waals surface area contributed by atoms with Crippen molar-refractivity contribution >= 4 is 22.9 Å². The maximum absolute atomic E-state index is 11.6. The van der Waals surface area contributed by atoms with E-state index in [4.69, 9.17) is 0 Å². The lowest BCUT2D eigenvalue weighted by molar-refractivity contribution is -0.657. The molecule has 0 amide bonds. The highest BCUT2D eigenvalue weighted by molar-refractivity contribution is 7.10. The first-order chi connectivity index (χ1) is 11.6. The van der Waals surface area contributed by atoms with Crippen LogP contribution in [0.3, 0.4) is 0 Å². The topological polar surface area (TPSA) is 26.5 Å². The van der Waals surface area contributed by atoms with Crippen LogP contribution < -0.4 is 21.9 Å². The summed E-state index contributed by atoms with van der Waals surface area (Å²) in [6, 6.07) is 10.7. The molecule has 0 fully saturated rings. The van der Waals surface area contributed by atoms with Crippen molar-refractivity contribution < 1.29 is 26.7 Å². The monoisotopic (exact) mass is 420 g/mol. The van der Waals surface area contributed by atoms with Crippen LogP contribution in [0.2, 0.25) is 0 Å². The Morgan fingerprint density at radius 2 is 2.00 bits per heavy atom.